The molecule has 36 heavy (non-hydrogen) atoms. The van der Waals surface area contributed by atoms with E-state index in [1.54, 1.807) is 39.8 Å². The number of aliphatic hydroxyl groups excluding tert-OH is 1. The second-order valence-corrected chi connectivity index (χ2v) is 9.79. The molecule has 1 rings (SSSR count). The molecule has 3 amide bonds. The maximum absolute atomic E-state index is 13.8. The molecule has 2 unspecified atom stereocenters. The zero-order chi connectivity index (χ0) is 27.6. The van der Waals surface area contributed by atoms with Crippen LogP contribution in [-0.4, -0.2) is 77.4 Å². The van der Waals surface area contributed by atoms with Gasteiger partial charge in [0, 0.05) is 12.1 Å². The van der Waals surface area contributed by atoms with Gasteiger partial charge in [-0.1, -0.05) is 32.0 Å². The Morgan fingerprint density at radius 3 is 2.31 bits per heavy atom. The number of rotatable bonds is 11. The zero-order valence-electron chi connectivity index (χ0n) is 22.1. The van der Waals surface area contributed by atoms with Crippen LogP contribution in [0.1, 0.15) is 58.2 Å². The summed E-state index contributed by atoms with van der Waals surface area (Å²) in [6, 6.07) is 2.21. The maximum atomic E-state index is 13.8. The average molecular weight is 510 g/mol. The number of benzene rings is 1. The number of hydrogen-bond donors (Lipinski definition) is 4. The number of hydrogen-bond acceptors (Lipinski definition) is 8. The predicted octanol–water partition coefficient (Wildman–Crippen LogP) is 1.79. The van der Waals surface area contributed by atoms with Crippen LogP contribution >= 0.6 is 0 Å². The Balaban J connectivity index is 3.50. The number of phenolic OH excluding ortho intramolecular Hbond substituents is 1. The van der Waals surface area contributed by atoms with Gasteiger partial charge >= 0.3 is 12.1 Å². The molecule has 0 aliphatic carbocycles. The molecule has 0 aliphatic heterocycles. The summed E-state index contributed by atoms with van der Waals surface area (Å²) in [4.78, 5) is 52.2. The van der Waals surface area contributed by atoms with Crippen molar-refractivity contribution in [2.45, 2.75) is 65.6 Å². The Bertz CT molecular complexity index is 926. The summed E-state index contributed by atoms with van der Waals surface area (Å²) in [5.41, 5.74) is -0.246. The Kier molecular flexibility index (Phi) is 11.7. The predicted molar refractivity (Wildman–Crippen MR) is 132 cm³/mol. The molecule has 0 aromatic heterocycles. The van der Waals surface area contributed by atoms with E-state index >= 15 is 0 Å². The third-order valence-corrected chi connectivity index (χ3v) is 5.08. The number of alkyl carbamates (subject to hydrolysis) is 1. The van der Waals surface area contributed by atoms with E-state index in [0.717, 1.165) is 4.90 Å². The van der Waals surface area contributed by atoms with E-state index in [-0.39, 0.29) is 30.2 Å². The quantitative estimate of drug-likeness (QED) is 0.329. The van der Waals surface area contributed by atoms with Crippen LogP contribution in [0.2, 0.25) is 0 Å². The summed E-state index contributed by atoms with van der Waals surface area (Å²) in [7, 11) is 1.17. The fourth-order valence-electron chi connectivity index (χ4n) is 3.50. The average Bonchev–Trinajstić information content (AvgIpc) is 2.77. The topological polar surface area (TPSA) is 154 Å². The minimum absolute atomic E-state index is 0.0242. The van der Waals surface area contributed by atoms with Crippen LogP contribution in [0.3, 0.4) is 0 Å². The van der Waals surface area contributed by atoms with Crippen LogP contribution < -0.4 is 10.6 Å². The molecular weight excluding hydrogens is 470 g/mol. The highest BCUT2D eigenvalue weighted by molar-refractivity contribution is 5.93. The van der Waals surface area contributed by atoms with E-state index in [2.05, 4.69) is 15.4 Å². The molecule has 0 bridgehead atoms. The highest BCUT2D eigenvalue weighted by Crippen LogP contribution is 2.32. The van der Waals surface area contributed by atoms with Gasteiger partial charge in [0.05, 0.1) is 13.7 Å². The number of para-hydroxylation sites is 1. The molecule has 11 nitrogen and oxygen atoms in total. The first-order valence-electron chi connectivity index (χ1n) is 11.8. The molecule has 0 saturated heterocycles. The van der Waals surface area contributed by atoms with Crippen molar-refractivity contribution in [2.24, 2.45) is 5.92 Å². The standard InChI is InChI=1S/C25H39N3O8/c1-15(2)13-18(27-24(34)36-25(4,5)6)23(33)28(11-12-29)20(22(32)26-14-19(30)35-7)17-10-8-9-16(3)21(17)31/h8-10,15,18,20,29,31H,11-14H2,1-7H3,(H,26,32)(H,27,34). The number of methoxy groups -OCH3 is 1. The highest BCUT2D eigenvalue weighted by Gasteiger charge is 2.37. The maximum Gasteiger partial charge on any atom is 0.408 e. The van der Waals surface area contributed by atoms with Crippen molar-refractivity contribution in [3.05, 3.63) is 29.3 Å². The number of carbonyl (C=O) groups is 4. The number of aliphatic hydroxyl groups is 1. The first-order chi connectivity index (χ1) is 16.7. The number of phenols is 1. The summed E-state index contributed by atoms with van der Waals surface area (Å²) in [5, 5.41) is 25.5. The van der Waals surface area contributed by atoms with Gasteiger partial charge in [0.25, 0.3) is 0 Å². The van der Waals surface area contributed by atoms with Crippen LogP contribution in [0.5, 0.6) is 5.75 Å². The molecule has 0 heterocycles. The Morgan fingerprint density at radius 2 is 1.78 bits per heavy atom. The van der Waals surface area contributed by atoms with Crippen molar-refractivity contribution in [1.82, 2.24) is 15.5 Å². The Labute approximate surface area is 212 Å². The second-order valence-electron chi connectivity index (χ2n) is 9.79. The summed E-state index contributed by atoms with van der Waals surface area (Å²) >= 11 is 0. The molecule has 2 atom stereocenters. The number of aromatic hydroxyl groups is 1. The molecule has 1 aromatic carbocycles. The van der Waals surface area contributed by atoms with E-state index in [0.29, 0.717) is 5.56 Å². The van der Waals surface area contributed by atoms with Crippen LogP contribution in [0, 0.1) is 12.8 Å². The number of amides is 3. The SMILES string of the molecule is COC(=O)CNC(=O)C(c1cccc(C)c1O)N(CCO)C(=O)C(CC(C)C)NC(=O)OC(C)(C)C. The van der Waals surface area contributed by atoms with Crippen LogP contribution in [0.25, 0.3) is 0 Å². The fraction of sp³-hybridized carbons (Fsp3) is 0.600. The van der Waals surface area contributed by atoms with Crippen molar-refractivity contribution in [3.63, 3.8) is 0 Å². The Hall–Kier alpha value is -3.34. The fourth-order valence-corrected chi connectivity index (χ4v) is 3.50. The summed E-state index contributed by atoms with van der Waals surface area (Å²) in [6.45, 7) is 9.16. The van der Waals surface area contributed by atoms with Crippen LogP contribution in [-0.2, 0) is 23.9 Å². The van der Waals surface area contributed by atoms with E-state index in [9.17, 15) is 29.4 Å². The summed E-state index contributed by atoms with van der Waals surface area (Å²) in [5.74, 6) is -2.39. The van der Waals surface area contributed by atoms with Gasteiger partial charge in [-0.2, -0.15) is 0 Å². The van der Waals surface area contributed by atoms with Crippen molar-refractivity contribution < 1.29 is 38.9 Å². The molecule has 0 radical (unpaired) electrons. The Morgan fingerprint density at radius 1 is 1.14 bits per heavy atom. The van der Waals surface area contributed by atoms with E-state index in [1.165, 1.54) is 13.2 Å². The van der Waals surface area contributed by atoms with Gasteiger partial charge in [-0.3, -0.25) is 14.4 Å². The summed E-state index contributed by atoms with van der Waals surface area (Å²) in [6.07, 6.45) is -0.591. The highest BCUT2D eigenvalue weighted by atomic mass is 16.6. The molecule has 0 spiro atoms. The van der Waals surface area contributed by atoms with Gasteiger partial charge in [0.1, 0.15) is 30.0 Å². The molecular formula is C25H39N3O8. The zero-order valence-corrected chi connectivity index (χ0v) is 22.1. The van der Waals surface area contributed by atoms with Crippen molar-refractivity contribution in [1.29, 1.82) is 0 Å². The van der Waals surface area contributed by atoms with E-state index in [1.807, 2.05) is 13.8 Å². The molecule has 11 heteroatoms. The molecule has 1 aromatic rings. The summed E-state index contributed by atoms with van der Waals surface area (Å²) < 4.78 is 9.87. The van der Waals surface area contributed by atoms with Crippen molar-refractivity contribution in [3.8, 4) is 5.75 Å². The minimum atomic E-state index is -1.41. The molecule has 0 saturated carbocycles. The normalized spacial score (nSPS) is 12.9. The number of ether oxygens (including phenoxy) is 2. The second kappa shape index (κ2) is 13.7. The monoisotopic (exact) mass is 509 g/mol. The van der Waals surface area contributed by atoms with Crippen molar-refractivity contribution in [2.75, 3.05) is 26.8 Å². The molecule has 4 N–H and O–H groups in total. The number of nitrogens with zero attached hydrogens (tertiary/aromatic N) is 1. The van der Waals surface area contributed by atoms with Crippen LogP contribution in [0.4, 0.5) is 4.79 Å². The molecule has 0 aliphatic rings. The van der Waals surface area contributed by atoms with Gasteiger partial charge in [-0.15, -0.1) is 0 Å². The first kappa shape index (κ1) is 30.7. The lowest BCUT2D eigenvalue weighted by molar-refractivity contribution is -0.145. The first-order valence-corrected chi connectivity index (χ1v) is 11.8. The number of esters is 1. The van der Waals surface area contributed by atoms with Gasteiger partial charge in [0.2, 0.25) is 11.8 Å². The number of aryl methyl sites for hydroxylation is 1. The lowest BCUT2D eigenvalue weighted by Gasteiger charge is -2.34. The lowest BCUT2D eigenvalue weighted by atomic mass is 9.97. The smallest absolute Gasteiger partial charge is 0.408 e. The van der Waals surface area contributed by atoms with Gasteiger partial charge in [-0.05, 0) is 45.6 Å². The lowest BCUT2D eigenvalue weighted by Crippen LogP contribution is -2.54. The largest absolute Gasteiger partial charge is 0.507 e. The molecule has 202 valence electrons. The van der Waals surface area contributed by atoms with Crippen LogP contribution in [0.15, 0.2) is 18.2 Å². The third kappa shape index (κ3) is 9.37. The van der Waals surface area contributed by atoms with E-state index in [4.69, 9.17) is 4.74 Å². The third-order valence-electron chi connectivity index (χ3n) is 5.08. The molecule has 0 fully saturated rings. The van der Waals surface area contributed by atoms with Gasteiger partial charge in [0.15, 0.2) is 0 Å². The number of nitrogens with one attached hydrogen (secondary N) is 2. The minimum Gasteiger partial charge on any atom is -0.507 e. The van der Waals surface area contributed by atoms with E-state index < -0.39 is 54.7 Å². The number of carbonyl (C=O) groups excluding carboxylic acids is 4. The van der Waals surface area contributed by atoms with Crippen molar-refractivity contribution >= 4 is 23.9 Å². The van der Waals surface area contributed by atoms with Gasteiger partial charge in [-0.25, -0.2) is 4.79 Å². The van der Waals surface area contributed by atoms with Gasteiger partial charge < -0.3 is 35.2 Å².